The summed E-state index contributed by atoms with van der Waals surface area (Å²) in [5.74, 6) is 0.320. The third-order valence-electron chi connectivity index (χ3n) is 5.48. The van der Waals surface area contributed by atoms with E-state index < -0.39 is 5.91 Å². The van der Waals surface area contributed by atoms with Gasteiger partial charge in [-0.15, -0.1) is 0 Å². The standard InChI is InChI=1S/C25H23ClN2O3/c26-19-9-11-20(12-10-19)31-21-13-15-28(16-14-21)25(30)18-7-5-17(6-8-18)22-3-1-2-4-23(22)24(27)29/h1-12,21H,13-16H2,(H2,27,29). The predicted octanol–water partition coefficient (Wildman–Crippen LogP) is 4.79. The molecule has 0 aliphatic carbocycles. The Balaban J connectivity index is 1.38. The molecule has 1 heterocycles. The number of primary amides is 1. The lowest BCUT2D eigenvalue weighted by atomic mass is 9.98. The van der Waals surface area contributed by atoms with Crippen LogP contribution in [-0.2, 0) is 0 Å². The number of ether oxygens (including phenoxy) is 1. The number of nitrogens with two attached hydrogens (primary N) is 1. The molecular formula is C25H23ClN2O3. The van der Waals surface area contributed by atoms with Crippen LogP contribution in [0.15, 0.2) is 72.8 Å². The van der Waals surface area contributed by atoms with Crippen molar-refractivity contribution in [3.63, 3.8) is 0 Å². The minimum absolute atomic E-state index is 0.000297. The van der Waals surface area contributed by atoms with Crippen molar-refractivity contribution in [1.82, 2.24) is 4.90 Å². The summed E-state index contributed by atoms with van der Waals surface area (Å²) in [5, 5.41) is 0.678. The number of hydrogen-bond donors (Lipinski definition) is 1. The van der Waals surface area contributed by atoms with E-state index in [2.05, 4.69) is 0 Å². The first kappa shape index (κ1) is 20.9. The molecule has 6 heteroatoms. The van der Waals surface area contributed by atoms with Crippen LogP contribution in [0.4, 0.5) is 0 Å². The van der Waals surface area contributed by atoms with Crippen molar-refractivity contribution in [2.75, 3.05) is 13.1 Å². The molecule has 1 fully saturated rings. The second kappa shape index (κ2) is 9.23. The van der Waals surface area contributed by atoms with E-state index in [1.54, 1.807) is 36.4 Å². The van der Waals surface area contributed by atoms with E-state index in [1.807, 2.05) is 41.3 Å². The quantitative estimate of drug-likeness (QED) is 0.627. The first-order valence-electron chi connectivity index (χ1n) is 10.2. The molecule has 1 saturated heterocycles. The van der Waals surface area contributed by atoms with E-state index in [0.717, 1.165) is 29.7 Å². The lowest BCUT2D eigenvalue weighted by Crippen LogP contribution is -2.41. The molecule has 1 aliphatic rings. The Hall–Kier alpha value is -3.31. The van der Waals surface area contributed by atoms with E-state index in [1.165, 1.54) is 0 Å². The average molecular weight is 435 g/mol. The van der Waals surface area contributed by atoms with Crippen molar-refractivity contribution in [1.29, 1.82) is 0 Å². The Morgan fingerprint density at radius 2 is 1.55 bits per heavy atom. The molecule has 0 spiro atoms. The SMILES string of the molecule is NC(=O)c1ccccc1-c1ccc(C(=O)N2CCC(Oc3ccc(Cl)cc3)CC2)cc1. The van der Waals surface area contributed by atoms with Gasteiger partial charge in [-0.3, -0.25) is 9.59 Å². The number of carbonyl (C=O) groups is 2. The Morgan fingerprint density at radius 3 is 2.19 bits per heavy atom. The molecule has 158 valence electrons. The number of halogens is 1. The molecule has 0 atom stereocenters. The van der Waals surface area contributed by atoms with Gasteiger partial charge in [0, 0.05) is 42.1 Å². The van der Waals surface area contributed by atoms with Crippen molar-refractivity contribution < 1.29 is 14.3 Å². The summed E-state index contributed by atoms with van der Waals surface area (Å²) in [6.45, 7) is 1.28. The van der Waals surface area contributed by atoms with Gasteiger partial charge in [0.05, 0.1) is 0 Å². The van der Waals surface area contributed by atoms with E-state index in [4.69, 9.17) is 22.1 Å². The minimum Gasteiger partial charge on any atom is -0.490 e. The first-order chi connectivity index (χ1) is 15.0. The highest BCUT2D eigenvalue weighted by Crippen LogP contribution is 2.25. The maximum Gasteiger partial charge on any atom is 0.253 e. The number of piperidine rings is 1. The summed E-state index contributed by atoms with van der Waals surface area (Å²) in [6.07, 6.45) is 1.63. The fourth-order valence-corrected chi connectivity index (χ4v) is 3.93. The van der Waals surface area contributed by atoms with Gasteiger partial charge in [0.25, 0.3) is 5.91 Å². The van der Waals surface area contributed by atoms with Crippen molar-refractivity contribution >= 4 is 23.4 Å². The van der Waals surface area contributed by atoms with Gasteiger partial charge >= 0.3 is 0 Å². The second-order valence-electron chi connectivity index (χ2n) is 7.55. The van der Waals surface area contributed by atoms with Crippen LogP contribution in [0.5, 0.6) is 5.75 Å². The summed E-state index contributed by atoms with van der Waals surface area (Å²) >= 11 is 5.91. The Kier molecular flexibility index (Phi) is 6.23. The fourth-order valence-electron chi connectivity index (χ4n) is 3.81. The number of hydrogen-bond acceptors (Lipinski definition) is 3. The van der Waals surface area contributed by atoms with Crippen molar-refractivity contribution in [2.24, 2.45) is 5.73 Å². The Bertz CT molecular complexity index is 1070. The maximum atomic E-state index is 12.9. The van der Waals surface area contributed by atoms with E-state index in [-0.39, 0.29) is 12.0 Å². The van der Waals surface area contributed by atoms with Crippen LogP contribution in [0.1, 0.15) is 33.6 Å². The lowest BCUT2D eigenvalue weighted by Gasteiger charge is -2.32. The van der Waals surface area contributed by atoms with Gasteiger partial charge in [0.15, 0.2) is 0 Å². The van der Waals surface area contributed by atoms with Crippen LogP contribution in [0.3, 0.4) is 0 Å². The predicted molar refractivity (Wildman–Crippen MR) is 121 cm³/mol. The molecule has 0 bridgehead atoms. The number of nitrogens with zero attached hydrogens (tertiary/aromatic N) is 1. The van der Waals surface area contributed by atoms with E-state index in [9.17, 15) is 9.59 Å². The molecule has 31 heavy (non-hydrogen) atoms. The highest BCUT2D eigenvalue weighted by Gasteiger charge is 2.25. The van der Waals surface area contributed by atoms with Gasteiger partial charge < -0.3 is 15.4 Å². The first-order valence-corrected chi connectivity index (χ1v) is 10.6. The molecule has 3 aromatic rings. The lowest BCUT2D eigenvalue weighted by molar-refractivity contribution is 0.0595. The van der Waals surface area contributed by atoms with Crippen LogP contribution in [-0.4, -0.2) is 35.9 Å². The molecule has 0 unspecified atom stereocenters. The average Bonchev–Trinajstić information content (AvgIpc) is 2.81. The molecular weight excluding hydrogens is 412 g/mol. The highest BCUT2D eigenvalue weighted by atomic mass is 35.5. The van der Waals surface area contributed by atoms with Crippen LogP contribution in [0, 0.1) is 0 Å². The summed E-state index contributed by atoms with van der Waals surface area (Å²) in [6, 6.07) is 21.8. The van der Waals surface area contributed by atoms with Gasteiger partial charge in [-0.05, 0) is 53.6 Å². The number of rotatable bonds is 5. The molecule has 0 saturated carbocycles. The smallest absolute Gasteiger partial charge is 0.253 e. The second-order valence-corrected chi connectivity index (χ2v) is 7.99. The zero-order valence-corrected chi connectivity index (χ0v) is 17.7. The topological polar surface area (TPSA) is 72.6 Å². The molecule has 5 nitrogen and oxygen atoms in total. The molecule has 2 amide bonds. The highest BCUT2D eigenvalue weighted by molar-refractivity contribution is 6.30. The fraction of sp³-hybridized carbons (Fsp3) is 0.200. The normalized spacial score (nSPS) is 14.3. The maximum absolute atomic E-state index is 12.9. The number of carbonyl (C=O) groups excluding carboxylic acids is 2. The molecule has 0 aromatic heterocycles. The summed E-state index contributed by atoms with van der Waals surface area (Å²) in [4.78, 5) is 26.5. The summed E-state index contributed by atoms with van der Waals surface area (Å²) < 4.78 is 6.00. The van der Waals surface area contributed by atoms with Crippen LogP contribution < -0.4 is 10.5 Å². The van der Waals surface area contributed by atoms with E-state index in [0.29, 0.717) is 29.2 Å². The van der Waals surface area contributed by atoms with Gasteiger partial charge in [-0.2, -0.15) is 0 Å². The van der Waals surface area contributed by atoms with Crippen molar-refractivity contribution in [2.45, 2.75) is 18.9 Å². The Morgan fingerprint density at radius 1 is 0.903 bits per heavy atom. The number of likely N-dealkylation sites (tertiary alicyclic amines) is 1. The summed E-state index contributed by atoms with van der Waals surface area (Å²) in [5.41, 5.74) is 8.17. The van der Waals surface area contributed by atoms with Gasteiger partial charge in [-0.1, -0.05) is 41.9 Å². The monoisotopic (exact) mass is 434 g/mol. The molecule has 4 rings (SSSR count). The van der Waals surface area contributed by atoms with Crippen molar-refractivity contribution in [3.05, 3.63) is 88.9 Å². The number of amides is 2. The van der Waals surface area contributed by atoms with E-state index >= 15 is 0 Å². The van der Waals surface area contributed by atoms with Crippen molar-refractivity contribution in [3.8, 4) is 16.9 Å². The largest absolute Gasteiger partial charge is 0.490 e. The molecule has 2 N–H and O–H groups in total. The zero-order chi connectivity index (χ0) is 21.8. The Labute approximate surface area is 186 Å². The number of benzene rings is 3. The molecule has 0 radical (unpaired) electrons. The van der Waals surface area contributed by atoms with Gasteiger partial charge in [-0.25, -0.2) is 0 Å². The molecule has 1 aliphatic heterocycles. The summed E-state index contributed by atoms with van der Waals surface area (Å²) in [7, 11) is 0. The van der Waals surface area contributed by atoms with Gasteiger partial charge in [0.1, 0.15) is 11.9 Å². The third-order valence-corrected chi connectivity index (χ3v) is 5.73. The molecule has 3 aromatic carbocycles. The van der Waals surface area contributed by atoms with Gasteiger partial charge in [0.2, 0.25) is 5.91 Å². The van der Waals surface area contributed by atoms with Crippen LogP contribution in [0.25, 0.3) is 11.1 Å². The van der Waals surface area contributed by atoms with Crippen LogP contribution >= 0.6 is 11.6 Å². The minimum atomic E-state index is -0.473. The zero-order valence-electron chi connectivity index (χ0n) is 17.0. The van der Waals surface area contributed by atoms with Crippen LogP contribution in [0.2, 0.25) is 5.02 Å². The third kappa shape index (κ3) is 4.89.